The lowest BCUT2D eigenvalue weighted by atomic mass is 10.1. The van der Waals surface area contributed by atoms with E-state index in [2.05, 4.69) is 41.7 Å². The van der Waals surface area contributed by atoms with Crippen molar-refractivity contribution in [3.8, 4) is 0 Å². The zero-order valence-corrected chi connectivity index (χ0v) is 38.3. The highest BCUT2D eigenvalue weighted by atomic mass is 35.5. The average Bonchev–Trinajstić information content (AvgIpc) is 3.24. The third-order valence-corrected chi connectivity index (χ3v) is 10.7. The van der Waals surface area contributed by atoms with Crippen molar-refractivity contribution in [1.29, 1.82) is 0 Å². The Bertz CT molecular complexity index is 2660. The number of benzene rings is 5. The number of para-hydroxylation sites is 2. The summed E-state index contributed by atoms with van der Waals surface area (Å²) in [5.74, 6) is -3.51. The molecule has 20 heteroatoms. The van der Waals surface area contributed by atoms with Crippen molar-refractivity contribution < 1.29 is 28.8 Å². The number of hydrogen-bond donors (Lipinski definition) is 4. The Morgan fingerprint density at radius 2 is 0.922 bits per heavy atom. The third kappa shape index (κ3) is 13.2. The molecule has 0 heterocycles. The monoisotopic (exact) mass is 982 g/mol. The van der Waals surface area contributed by atoms with Crippen molar-refractivity contribution in [1.82, 2.24) is 0 Å². The highest BCUT2D eigenvalue weighted by molar-refractivity contribution is 6.40. The second kappa shape index (κ2) is 23.3. The van der Waals surface area contributed by atoms with E-state index in [0.717, 1.165) is 25.0 Å². The van der Waals surface area contributed by atoms with E-state index in [1.54, 1.807) is 24.3 Å². The van der Waals surface area contributed by atoms with E-state index in [-0.39, 0.29) is 54.0 Å². The summed E-state index contributed by atoms with van der Waals surface area (Å²) in [6.45, 7) is 2.24. The van der Waals surface area contributed by atoms with E-state index in [4.69, 9.17) is 69.6 Å². The van der Waals surface area contributed by atoms with Gasteiger partial charge in [-0.05, 0) is 98.5 Å². The molecular weight excluding hydrogens is 949 g/mol. The Morgan fingerprint density at radius 1 is 0.516 bits per heavy atom. The van der Waals surface area contributed by atoms with Crippen LogP contribution in [0.4, 0.5) is 34.1 Å². The Hall–Kier alpha value is -5.74. The molecule has 0 aliphatic carbocycles. The van der Waals surface area contributed by atoms with Crippen LogP contribution in [0.25, 0.3) is 0 Å². The van der Waals surface area contributed by atoms with Crippen LogP contribution in [0.5, 0.6) is 0 Å². The molecule has 0 saturated heterocycles. The fraction of sp³-hybridized carbons (Fsp3) is 0.182. The number of nitrogens with zero attached hydrogens (tertiary/aromatic N) is 4. The standard InChI is InChI=1S/C44H36Cl6N8O6/c1-23(59)38(57-55-36-19-27(11-13-30(36)47)41(61)52-34-9-5-3-7-25(34)15-17-45)43(63)51-29-21-32(49)40(33(50)22-29)54-44(64)39(24(2)60)58-56-37-20-28(12-14-31(37)48)42(62)53-35-10-6-4-8-26(35)16-18-46/h3-14,19-22,38-39H,15-18H2,1-2H3,(H,51,63)(H,52,61)(H,53,62)(H,54,64). The minimum atomic E-state index is -1.70. The summed E-state index contributed by atoms with van der Waals surface area (Å²) in [7, 11) is 0. The maximum atomic E-state index is 13.4. The molecule has 5 aromatic carbocycles. The van der Waals surface area contributed by atoms with E-state index >= 15 is 0 Å². The molecule has 5 rings (SSSR count). The van der Waals surface area contributed by atoms with Gasteiger partial charge in [-0.1, -0.05) is 82.8 Å². The van der Waals surface area contributed by atoms with Crippen molar-refractivity contribution in [2.45, 2.75) is 38.8 Å². The maximum absolute atomic E-state index is 13.4. The zero-order valence-electron chi connectivity index (χ0n) is 33.7. The number of carbonyl (C=O) groups is 6. The first-order chi connectivity index (χ1) is 30.6. The van der Waals surface area contributed by atoms with E-state index in [0.29, 0.717) is 36.0 Å². The van der Waals surface area contributed by atoms with Crippen LogP contribution in [0.1, 0.15) is 45.7 Å². The largest absolute Gasteiger partial charge is 0.324 e. The molecule has 0 aliphatic rings. The van der Waals surface area contributed by atoms with Gasteiger partial charge in [-0.25, -0.2) is 0 Å². The van der Waals surface area contributed by atoms with Crippen LogP contribution in [-0.2, 0) is 32.0 Å². The predicted octanol–water partition coefficient (Wildman–Crippen LogP) is 11.7. The molecule has 0 bridgehead atoms. The molecule has 0 aliphatic heterocycles. The normalized spacial score (nSPS) is 12.1. The van der Waals surface area contributed by atoms with Gasteiger partial charge in [0.1, 0.15) is 11.4 Å². The number of anilines is 4. The number of amides is 4. The number of nitrogens with one attached hydrogen (secondary N) is 4. The highest BCUT2D eigenvalue weighted by Crippen LogP contribution is 2.35. The summed E-state index contributed by atoms with van der Waals surface area (Å²) in [6.07, 6.45) is 1.07. The van der Waals surface area contributed by atoms with Gasteiger partial charge in [0.2, 0.25) is 12.1 Å². The van der Waals surface area contributed by atoms with Gasteiger partial charge >= 0.3 is 0 Å². The second-order valence-corrected chi connectivity index (χ2v) is 16.1. The van der Waals surface area contributed by atoms with Crippen LogP contribution >= 0.6 is 69.6 Å². The second-order valence-electron chi connectivity index (χ2n) is 13.7. The van der Waals surface area contributed by atoms with Crippen molar-refractivity contribution in [3.05, 3.63) is 139 Å². The Labute approximate surface area is 397 Å². The van der Waals surface area contributed by atoms with Gasteiger partial charge in [0, 0.05) is 39.9 Å². The lowest BCUT2D eigenvalue weighted by molar-refractivity contribution is -0.127. The van der Waals surface area contributed by atoms with E-state index < -0.39 is 47.3 Å². The van der Waals surface area contributed by atoms with Gasteiger partial charge in [-0.3, -0.25) is 28.8 Å². The van der Waals surface area contributed by atoms with Gasteiger partial charge in [-0.15, -0.1) is 23.2 Å². The van der Waals surface area contributed by atoms with Crippen LogP contribution in [0.15, 0.2) is 118 Å². The van der Waals surface area contributed by atoms with Crippen LogP contribution in [0, 0.1) is 0 Å². The lowest BCUT2D eigenvalue weighted by Crippen LogP contribution is -2.32. The third-order valence-electron chi connectivity index (χ3n) is 9.06. The summed E-state index contributed by atoms with van der Waals surface area (Å²) in [5, 5.41) is 26.3. The number of carbonyl (C=O) groups excluding carboxylic acids is 6. The maximum Gasteiger partial charge on any atom is 0.258 e. The summed E-state index contributed by atoms with van der Waals surface area (Å²) in [5.41, 5.74) is 3.06. The van der Waals surface area contributed by atoms with Gasteiger partial charge in [-0.2, -0.15) is 20.5 Å². The highest BCUT2D eigenvalue weighted by Gasteiger charge is 2.27. The number of aryl methyl sites for hydroxylation is 2. The first-order valence-electron chi connectivity index (χ1n) is 19.0. The number of Topliss-reactive ketones (excluding diaryl/α,β-unsaturated/α-hetero) is 2. The summed E-state index contributed by atoms with van der Waals surface area (Å²) in [4.78, 5) is 78.1. The number of azo groups is 2. The molecule has 0 fully saturated rings. The SMILES string of the molecule is CC(=O)C(N=Nc1cc(C(=O)Nc2ccccc2CCCl)ccc1Cl)C(=O)Nc1cc(Cl)c(NC(=O)C(N=Nc2cc(C(=O)Nc3ccccc3CCCl)ccc2Cl)C(C)=O)c(Cl)c1. The first kappa shape index (κ1) is 49.3. The van der Waals surface area contributed by atoms with Gasteiger partial charge in [0.05, 0.1) is 25.8 Å². The molecule has 0 spiro atoms. The van der Waals surface area contributed by atoms with E-state index in [1.807, 2.05) is 24.3 Å². The van der Waals surface area contributed by atoms with Gasteiger partial charge < -0.3 is 21.3 Å². The van der Waals surface area contributed by atoms with Crippen molar-refractivity contribution >= 4 is 139 Å². The Morgan fingerprint density at radius 3 is 1.33 bits per heavy atom. The van der Waals surface area contributed by atoms with Crippen LogP contribution in [-0.4, -0.2) is 59.0 Å². The van der Waals surface area contributed by atoms with Crippen LogP contribution < -0.4 is 21.3 Å². The fourth-order valence-corrected chi connectivity index (χ4v) is 7.12. The predicted molar refractivity (Wildman–Crippen MR) is 252 cm³/mol. The fourth-order valence-electron chi connectivity index (χ4n) is 5.82. The van der Waals surface area contributed by atoms with E-state index in [9.17, 15) is 28.8 Å². The minimum Gasteiger partial charge on any atom is -0.324 e. The van der Waals surface area contributed by atoms with Crippen LogP contribution in [0.3, 0.4) is 0 Å². The van der Waals surface area contributed by atoms with Crippen molar-refractivity contribution in [2.24, 2.45) is 20.5 Å². The number of hydrogen-bond acceptors (Lipinski definition) is 10. The molecule has 0 aromatic heterocycles. The number of alkyl halides is 2. The van der Waals surface area contributed by atoms with Crippen molar-refractivity contribution in [3.63, 3.8) is 0 Å². The van der Waals surface area contributed by atoms with E-state index in [1.165, 1.54) is 48.5 Å². The lowest BCUT2D eigenvalue weighted by Gasteiger charge is -2.15. The summed E-state index contributed by atoms with van der Waals surface area (Å²) >= 11 is 37.4. The van der Waals surface area contributed by atoms with Crippen molar-refractivity contribution in [2.75, 3.05) is 33.0 Å². The van der Waals surface area contributed by atoms with Gasteiger partial charge in [0.25, 0.3) is 23.6 Å². The minimum absolute atomic E-state index is 0.00185. The molecule has 0 radical (unpaired) electrons. The summed E-state index contributed by atoms with van der Waals surface area (Å²) < 4.78 is 0. The quantitative estimate of drug-likeness (QED) is 0.0382. The molecule has 330 valence electrons. The average molecular weight is 986 g/mol. The Balaban J connectivity index is 1.26. The number of ketones is 2. The molecule has 5 aromatic rings. The molecule has 14 nitrogen and oxygen atoms in total. The molecule has 2 atom stereocenters. The molecule has 0 saturated carbocycles. The number of halogens is 6. The number of rotatable bonds is 18. The van der Waals surface area contributed by atoms with Crippen LogP contribution in [0.2, 0.25) is 20.1 Å². The van der Waals surface area contributed by atoms with Gasteiger partial charge in [0.15, 0.2) is 11.6 Å². The molecule has 2 unspecified atom stereocenters. The topological polar surface area (TPSA) is 200 Å². The molecule has 4 amide bonds. The smallest absolute Gasteiger partial charge is 0.258 e. The molecule has 64 heavy (non-hydrogen) atoms. The first-order valence-corrected chi connectivity index (χ1v) is 21.6. The molecular formula is C44H36Cl6N8O6. The molecule has 4 N–H and O–H groups in total. The summed E-state index contributed by atoms with van der Waals surface area (Å²) in [6, 6.07) is 22.0. The Kier molecular flexibility index (Phi) is 17.9. The zero-order chi connectivity index (χ0) is 46.5.